The van der Waals surface area contributed by atoms with Crippen molar-refractivity contribution in [3.8, 4) is 11.1 Å². The number of carbonyl (C=O) groups is 1. The topological polar surface area (TPSA) is 83.5 Å². The zero-order chi connectivity index (χ0) is 19.6. The number of nitrogens with one attached hydrogen (secondary N) is 1. The smallest absolute Gasteiger partial charge is 0.337 e. The molecule has 0 aromatic heterocycles. The quantitative estimate of drug-likeness (QED) is 0.686. The molecule has 27 heavy (non-hydrogen) atoms. The molecule has 0 saturated heterocycles. The molecule has 138 valence electrons. The van der Waals surface area contributed by atoms with Gasteiger partial charge in [-0.2, -0.15) is 0 Å². The van der Waals surface area contributed by atoms with Crippen molar-refractivity contribution in [1.82, 2.24) is 0 Å². The Morgan fingerprint density at radius 1 is 0.926 bits per heavy atom. The molecule has 0 aliphatic carbocycles. The molecule has 0 aliphatic heterocycles. The molecule has 0 amide bonds. The van der Waals surface area contributed by atoms with Gasteiger partial charge in [0.15, 0.2) is 0 Å². The van der Waals surface area contributed by atoms with E-state index in [-0.39, 0.29) is 16.1 Å². The maximum atomic E-state index is 13.4. The summed E-state index contributed by atoms with van der Waals surface area (Å²) in [6.07, 6.45) is 0. The maximum Gasteiger partial charge on any atom is 0.337 e. The van der Waals surface area contributed by atoms with Crippen LogP contribution in [-0.4, -0.2) is 19.5 Å². The van der Waals surface area contributed by atoms with E-state index in [1.54, 1.807) is 12.1 Å². The number of aromatic carboxylic acids is 1. The third-order valence-electron chi connectivity index (χ3n) is 4.01. The molecular formula is C20H16FNO4S. The van der Waals surface area contributed by atoms with Gasteiger partial charge in [-0.05, 0) is 48.4 Å². The molecule has 0 aliphatic rings. The number of hydrogen-bond donors (Lipinski definition) is 2. The predicted octanol–water partition coefficient (Wildman–Crippen LogP) is 4.30. The Hall–Kier alpha value is -3.19. The van der Waals surface area contributed by atoms with Crippen molar-refractivity contribution in [2.24, 2.45) is 0 Å². The van der Waals surface area contributed by atoms with Crippen molar-refractivity contribution in [3.63, 3.8) is 0 Å². The molecule has 0 heterocycles. The van der Waals surface area contributed by atoms with E-state index in [1.165, 1.54) is 12.1 Å². The van der Waals surface area contributed by atoms with Crippen LogP contribution in [0.1, 0.15) is 15.9 Å². The highest BCUT2D eigenvalue weighted by Gasteiger charge is 2.19. The normalized spacial score (nSPS) is 11.2. The van der Waals surface area contributed by atoms with Gasteiger partial charge in [-0.1, -0.05) is 42.0 Å². The molecule has 0 atom stereocenters. The van der Waals surface area contributed by atoms with Crippen molar-refractivity contribution in [2.75, 3.05) is 4.72 Å². The summed E-state index contributed by atoms with van der Waals surface area (Å²) in [5.74, 6) is -2.10. The van der Waals surface area contributed by atoms with E-state index in [0.29, 0.717) is 0 Å². The first kappa shape index (κ1) is 18.6. The lowest BCUT2D eigenvalue weighted by Crippen LogP contribution is -2.15. The number of aryl methyl sites for hydroxylation is 1. The molecule has 3 aromatic carbocycles. The highest BCUT2D eigenvalue weighted by atomic mass is 32.2. The van der Waals surface area contributed by atoms with Gasteiger partial charge in [0, 0.05) is 0 Å². The van der Waals surface area contributed by atoms with Gasteiger partial charge >= 0.3 is 5.97 Å². The Labute approximate surface area is 156 Å². The number of carboxylic acid groups (broad SMARTS) is 1. The summed E-state index contributed by atoms with van der Waals surface area (Å²) < 4.78 is 40.7. The molecule has 0 spiro atoms. The van der Waals surface area contributed by atoms with Gasteiger partial charge in [0.25, 0.3) is 10.0 Å². The van der Waals surface area contributed by atoms with Crippen LogP contribution in [0.25, 0.3) is 11.1 Å². The first-order chi connectivity index (χ1) is 12.8. The largest absolute Gasteiger partial charge is 0.478 e. The fraction of sp³-hybridized carbons (Fsp3) is 0.0500. The van der Waals surface area contributed by atoms with Crippen molar-refractivity contribution in [3.05, 3.63) is 83.7 Å². The van der Waals surface area contributed by atoms with E-state index in [4.69, 9.17) is 5.11 Å². The highest BCUT2D eigenvalue weighted by molar-refractivity contribution is 7.92. The van der Waals surface area contributed by atoms with Gasteiger partial charge in [-0.3, -0.25) is 4.72 Å². The van der Waals surface area contributed by atoms with Gasteiger partial charge in [-0.25, -0.2) is 17.6 Å². The van der Waals surface area contributed by atoms with Gasteiger partial charge in [0.05, 0.1) is 16.1 Å². The minimum Gasteiger partial charge on any atom is -0.478 e. The van der Waals surface area contributed by atoms with E-state index in [9.17, 15) is 17.6 Å². The summed E-state index contributed by atoms with van der Waals surface area (Å²) >= 11 is 0. The number of carboxylic acids is 1. The fourth-order valence-electron chi connectivity index (χ4n) is 2.56. The van der Waals surface area contributed by atoms with Gasteiger partial charge in [0.1, 0.15) is 5.82 Å². The number of benzene rings is 3. The lowest BCUT2D eigenvalue weighted by molar-refractivity contribution is 0.0698. The fourth-order valence-corrected chi connectivity index (χ4v) is 3.63. The van der Waals surface area contributed by atoms with Crippen LogP contribution < -0.4 is 4.72 Å². The van der Waals surface area contributed by atoms with Crippen molar-refractivity contribution >= 4 is 21.7 Å². The van der Waals surface area contributed by atoms with Crippen molar-refractivity contribution in [2.45, 2.75) is 11.8 Å². The van der Waals surface area contributed by atoms with Crippen LogP contribution in [0, 0.1) is 12.7 Å². The Morgan fingerprint density at radius 3 is 2.04 bits per heavy atom. The van der Waals surface area contributed by atoms with Crippen LogP contribution in [-0.2, 0) is 10.0 Å². The molecule has 7 heteroatoms. The SMILES string of the molecule is Cc1ccc(-c2ccc(S(=O)(=O)Nc3cc(F)ccc3C(=O)O)cc2)cc1. The van der Waals surface area contributed by atoms with E-state index < -0.39 is 21.8 Å². The number of rotatable bonds is 5. The molecule has 5 nitrogen and oxygen atoms in total. The Morgan fingerprint density at radius 2 is 1.48 bits per heavy atom. The molecule has 0 radical (unpaired) electrons. The van der Waals surface area contributed by atoms with Crippen LogP contribution in [0.4, 0.5) is 10.1 Å². The monoisotopic (exact) mass is 385 g/mol. The van der Waals surface area contributed by atoms with Crippen LogP contribution in [0.15, 0.2) is 71.6 Å². The van der Waals surface area contributed by atoms with Gasteiger partial charge in [-0.15, -0.1) is 0 Å². The zero-order valence-electron chi connectivity index (χ0n) is 14.3. The average Bonchev–Trinajstić information content (AvgIpc) is 2.62. The average molecular weight is 385 g/mol. The van der Waals surface area contributed by atoms with Gasteiger partial charge < -0.3 is 5.11 Å². The standard InChI is InChI=1S/C20H16FNO4S/c1-13-2-4-14(5-3-13)15-6-9-17(10-7-15)27(25,26)22-19-12-16(21)8-11-18(19)20(23)24/h2-12,22H,1H3,(H,23,24). The number of halogens is 1. The summed E-state index contributed by atoms with van der Waals surface area (Å²) in [7, 11) is -4.07. The molecule has 0 unspecified atom stereocenters. The third-order valence-corrected chi connectivity index (χ3v) is 5.39. The first-order valence-corrected chi connectivity index (χ1v) is 9.47. The van der Waals surface area contributed by atoms with E-state index in [2.05, 4.69) is 4.72 Å². The molecular weight excluding hydrogens is 369 g/mol. The molecule has 0 bridgehead atoms. The number of anilines is 1. The van der Waals surface area contributed by atoms with Crippen LogP contribution in [0.2, 0.25) is 0 Å². The summed E-state index contributed by atoms with van der Waals surface area (Å²) in [5, 5.41) is 9.15. The molecule has 2 N–H and O–H groups in total. The molecule has 3 rings (SSSR count). The number of hydrogen-bond acceptors (Lipinski definition) is 3. The second kappa shape index (κ2) is 7.20. The Kier molecular flexibility index (Phi) is 4.96. The number of sulfonamides is 1. The summed E-state index contributed by atoms with van der Waals surface area (Å²) in [6, 6.07) is 16.7. The lowest BCUT2D eigenvalue weighted by Gasteiger charge is -2.11. The third kappa shape index (κ3) is 4.15. The zero-order valence-corrected chi connectivity index (χ0v) is 15.1. The highest BCUT2D eigenvalue weighted by Crippen LogP contribution is 2.25. The van der Waals surface area contributed by atoms with Crippen molar-refractivity contribution in [1.29, 1.82) is 0 Å². The predicted molar refractivity (Wildman–Crippen MR) is 101 cm³/mol. The minimum atomic E-state index is -4.07. The first-order valence-electron chi connectivity index (χ1n) is 7.99. The van der Waals surface area contributed by atoms with Crippen LogP contribution in [0.3, 0.4) is 0 Å². The molecule has 3 aromatic rings. The van der Waals surface area contributed by atoms with E-state index >= 15 is 0 Å². The Bertz CT molecular complexity index is 1090. The maximum absolute atomic E-state index is 13.4. The summed E-state index contributed by atoms with van der Waals surface area (Å²) in [6.45, 7) is 1.98. The Balaban J connectivity index is 1.91. The summed E-state index contributed by atoms with van der Waals surface area (Å²) in [4.78, 5) is 11.2. The van der Waals surface area contributed by atoms with E-state index in [0.717, 1.165) is 34.9 Å². The lowest BCUT2D eigenvalue weighted by atomic mass is 10.0. The second-order valence-electron chi connectivity index (χ2n) is 5.99. The minimum absolute atomic E-state index is 0.0565. The van der Waals surface area contributed by atoms with Crippen LogP contribution in [0.5, 0.6) is 0 Å². The van der Waals surface area contributed by atoms with Crippen molar-refractivity contribution < 1.29 is 22.7 Å². The molecule has 0 fully saturated rings. The van der Waals surface area contributed by atoms with Gasteiger partial charge in [0.2, 0.25) is 0 Å². The van der Waals surface area contributed by atoms with Crippen LogP contribution >= 0.6 is 0 Å². The second-order valence-corrected chi connectivity index (χ2v) is 7.67. The van der Waals surface area contributed by atoms with E-state index in [1.807, 2.05) is 31.2 Å². The summed E-state index contributed by atoms with van der Waals surface area (Å²) in [5.41, 5.74) is 2.23. The molecule has 0 saturated carbocycles.